The van der Waals surface area contributed by atoms with E-state index >= 15 is 0 Å². The van der Waals surface area contributed by atoms with Crippen LogP contribution in [0.5, 0.6) is 0 Å². The second-order valence-corrected chi connectivity index (χ2v) is 13.3. The summed E-state index contributed by atoms with van der Waals surface area (Å²) >= 11 is 2.13. The fraction of sp³-hybridized carbons (Fsp3) is 0.200. The number of carbonyl (C=O) groups is 1. The highest BCUT2D eigenvalue weighted by atomic mass is 32.2. The predicted molar refractivity (Wildman–Crippen MR) is 127 cm³/mol. The number of nitrogens with one attached hydrogen (secondary N) is 1. The van der Waals surface area contributed by atoms with Gasteiger partial charge in [0.1, 0.15) is 10.0 Å². The molecule has 13 heteroatoms. The van der Waals surface area contributed by atoms with Crippen LogP contribution in [0.1, 0.15) is 11.1 Å². The van der Waals surface area contributed by atoms with Crippen molar-refractivity contribution < 1.29 is 31.1 Å². The number of fused-ring (bicyclic) bond motifs is 1. The number of halogens is 1. The lowest BCUT2D eigenvalue weighted by molar-refractivity contribution is -0.137. The van der Waals surface area contributed by atoms with Crippen LogP contribution in [-0.2, 0) is 24.7 Å². The molecule has 1 atom stereocenters. The van der Waals surface area contributed by atoms with Crippen molar-refractivity contribution in [1.82, 2.24) is 0 Å². The quantitative estimate of drug-likeness (QED) is 0.501. The average molecular weight is 529 g/mol. The van der Waals surface area contributed by atoms with Crippen molar-refractivity contribution in [3.05, 3.63) is 53.3 Å². The summed E-state index contributed by atoms with van der Waals surface area (Å²) in [5.41, 5.74) is 0.583. The fourth-order valence-electron chi connectivity index (χ4n) is 3.32. The Morgan fingerprint density at radius 1 is 1.18 bits per heavy atom. The summed E-state index contributed by atoms with van der Waals surface area (Å²) in [7, 11) is -8.05. The van der Waals surface area contributed by atoms with Crippen molar-refractivity contribution in [2.45, 2.75) is 22.1 Å². The van der Waals surface area contributed by atoms with Gasteiger partial charge < -0.3 is 5.11 Å². The molecule has 1 aromatic heterocycles. The van der Waals surface area contributed by atoms with Gasteiger partial charge >= 0.3 is 5.97 Å². The molecule has 0 bridgehead atoms. The van der Waals surface area contributed by atoms with E-state index in [9.17, 15) is 26.0 Å². The molecule has 174 valence electrons. The number of aliphatic carboxylic acids is 1. The SMILES string of the molecule is Cc1c(S(=O)(=O)Nc2ccc(C3=N[C@H](C(=O)O)CS3)cc2S(C)(=O)=O)sc2ccc(F)cc12. The summed E-state index contributed by atoms with van der Waals surface area (Å²) in [5.74, 6) is -1.35. The number of carboxylic acids is 1. The molecule has 0 fully saturated rings. The van der Waals surface area contributed by atoms with Crippen molar-refractivity contribution in [1.29, 1.82) is 0 Å². The number of rotatable bonds is 6. The van der Waals surface area contributed by atoms with Gasteiger partial charge in [0.15, 0.2) is 15.9 Å². The van der Waals surface area contributed by atoms with Gasteiger partial charge in [-0.05, 0) is 48.2 Å². The normalized spacial score (nSPS) is 16.7. The second-order valence-electron chi connectivity index (χ2n) is 7.34. The number of aliphatic imine (C=N–C) groups is 1. The minimum absolute atomic E-state index is 0.0494. The van der Waals surface area contributed by atoms with E-state index in [1.807, 2.05) is 0 Å². The number of hydrogen-bond donors (Lipinski definition) is 2. The predicted octanol–water partition coefficient (Wildman–Crippen LogP) is 3.50. The minimum atomic E-state index is -4.18. The van der Waals surface area contributed by atoms with E-state index < -0.39 is 37.7 Å². The van der Waals surface area contributed by atoms with E-state index in [1.165, 1.54) is 48.2 Å². The van der Waals surface area contributed by atoms with Crippen LogP contribution in [0.25, 0.3) is 10.1 Å². The van der Waals surface area contributed by atoms with Crippen molar-refractivity contribution in [2.24, 2.45) is 4.99 Å². The minimum Gasteiger partial charge on any atom is -0.480 e. The van der Waals surface area contributed by atoms with Crippen molar-refractivity contribution >= 4 is 69.7 Å². The Morgan fingerprint density at radius 3 is 2.55 bits per heavy atom. The van der Waals surface area contributed by atoms with Gasteiger partial charge in [-0.1, -0.05) is 6.07 Å². The van der Waals surface area contributed by atoms with Gasteiger partial charge in [-0.2, -0.15) is 0 Å². The van der Waals surface area contributed by atoms with Crippen LogP contribution in [-0.4, -0.2) is 51.0 Å². The van der Waals surface area contributed by atoms with Gasteiger partial charge in [0.2, 0.25) is 0 Å². The molecule has 1 aliphatic rings. The summed E-state index contributed by atoms with van der Waals surface area (Å²) in [6, 6.07) is 7.12. The number of sulfone groups is 1. The molecule has 3 aromatic rings. The third-order valence-corrected chi connectivity index (χ3v) is 10.4. The number of thioether (sulfide) groups is 1. The molecule has 2 N–H and O–H groups in total. The van der Waals surface area contributed by atoms with Gasteiger partial charge in [-0.3, -0.25) is 9.71 Å². The number of benzene rings is 2. The molecule has 0 spiro atoms. The van der Waals surface area contributed by atoms with Crippen LogP contribution in [0.2, 0.25) is 0 Å². The van der Waals surface area contributed by atoms with Crippen LogP contribution < -0.4 is 4.72 Å². The van der Waals surface area contributed by atoms with Gasteiger partial charge in [0.05, 0.1) is 15.6 Å². The lowest BCUT2D eigenvalue weighted by Crippen LogP contribution is -2.17. The number of nitrogens with zero attached hydrogens (tertiary/aromatic N) is 1. The highest BCUT2D eigenvalue weighted by Gasteiger charge is 2.28. The third-order valence-electron chi connectivity index (χ3n) is 4.91. The first-order valence-electron chi connectivity index (χ1n) is 9.36. The summed E-state index contributed by atoms with van der Waals surface area (Å²) in [4.78, 5) is 15.0. The molecule has 0 saturated carbocycles. The zero-order chi connectivity index (χ0) is 24.1. The molecule has 0 radical (unpaired) electrons. The first-order valence-corrected chi connectivity index (χ1v) is 14.5. The Morgan fingerprint density at radius 2 is 1.91 bits per heavy atom. The van der Waals surface area contributed by atoms with Crippen LogP contribution >= 0.6 is 23.1 Å². The molecule has 33 heavy (non-hydrogen) atoms. The van der Waals surface area contributed by atoms with E-state index in [0.29, 0.717) is 26.3 Å². The molecule has 0 unspecified atom stereocenters. The molecule has 2 heterocycles. The largest absolute Gasteiger partial charge is 0.480 e. The summed E-state index contributed by atoms with van der Waals surface area (Å²) in [6.45, 7) is 1.56. The van der Waals surface area contributed by atoms with Gasteiger partial charge in [0, 0.05) is 22.3 Å². The summed E-state index contributed by atoms with van der Waals surface area (Å²) in [5, 5.41) is 9.95. The standard InChI is InChI=1S/C20H17FN2O6S4/c1-10-13-8-12(21)4-6-16(13)31-20(10)33(28,29)23-14-5-3-11(7-17(14)32(2,26)27)18-22-15(9-30-18)19(24)25/h3-8,15,23H,9H2,1-2H3,(H,24,25)/t15-/m0/s1. The van der Waals surface area contributed by atoms with Gasteiger partial charge in [-0.15, -0.1) is 23.1 Å². The Bertz CT molecular complexity index is 1540. The summed E-state index contributed by atoms with van der Waals surface area (Å²) in [6.07, 6.45) is 0.945. The molecule has 4 rings (SSSR count). The van der Waals surface area contributed by atoms with Crippen molar-refractivity contribution in [3.63, 3.8) is 0 Å². The Balaban J connectivity index is 1.76. The van der Waals surface area contributed by atoms with Gasteiger partial charge in [0.25, 0.3) is 10.0 Å². The second kappa shape index (κ2) is 8.38. The maximum atomic E-state index is 13.6. The highest BCUT2D eigenvalue weighted by molar-refractivity contribution is 8.14. The lowest BCUT2D eigenvalue weighted by Gasteiger charge is -2.13. The molecular weight excluding hydrogens is 511 g/mol. The maximum Gasteiger partial charge on any atom is 0.329 e. The zero-order valence-corrected chi connectivity index (χ0v) is 20.5. The number of anilines is 1. The number of carboxylic acid groups (broad SMARTS) is 1. The maximum absolute atomic E-state index is 13.6. The molecule has 0 saturated heterocycles. The molecule has 8 nitrogen and oxygen atoms in total. The van der Waals surface area contributed by atoms with Crippen molar-refractivity contribution in [2.75, 3.05) is 16.7 Å². The Labute approximate surface area is 197 Å². The Hall–Kier alpha value is -2.48. The molecule has 2 aromatic carbocycles. The smallest absolute Gasteiger partial charge is 0.329 e. The monoisotopic (exact) mass is 528 g/mol. The van der Waals surface area contributed by atoms with E-state index in [0.717, 1.165) is 17.6 Å². The van der Waals surface area contributed by atoms with Crippen LogP contribution in [0, 0.1) is 12.7 Å². The zero-order valence-electron chi connectivity index (χ0n) is 17.2. The molecule has 1 aliphatic heterocycles. The fourth-order valence-corrected chi connectivity index (χ4v) is 8.10. The first kappa shape index (κ1) is 23.7. The van der Waals surface area contributed by atoms with Crippen molar-refractivity contribution in [3.8, 4) is 0 Å². The van der Waals surface area contributed by atoms with E-state index in [4.69, 9.17) is 5.11 Å². The van der Waals surface area contributed by atoms with Crippen LogP contribution in [0.3, 0.4) is 0 Å². The number of sulfonamides is 1. The van der Waals surface area contributed by atoms with Crippen LogP contribution in [0.15, 0.2) is 50.5 Å². The van der Waals surface area contributed by atoms with E-state index in [1.54, 1.807) is 6.92 Å². The van der Waals surface area contributed by atoms with Gasteiger partial charge in [-0.25, -0.2) is 26.0 Å². The number of hydrogen-bond acceptors (Lipinski definition) is 8. The summed E-state index contributed by atoms with van der Waals surface area (Å²) < 4.78 is 67.6. The lowest BCUT2D eigenvalue weighted by atomic mass is 10.2. The average Bonchev–Trinajstić information content (AvgIpc) is 3.33. The third kappa shape index (κ3) is 4.63. The molecule has 0 aliphatic carbocycles. The first-order chi connectivity index (χ1) is 15.4. The molecular formula is C20H17FN2O6S4. The highest BCUT2D eigenvalue weighted by Crippen LogP contribution is 2.36. The molecule has 0 amide bonds. The van der Waals surface area contributed by atoms with Crippen LogP contribution in [0.4, 0.5) is 10.1 Å². The van der Waals surface area contributed by atoms with E-state index in [-0.39, 0.29) is 20.5 Å². The van der Waals surface area contributed by atoms with E-state index in [2.05, 4.69) is 9.71 Å². The number of thiophene rings is 1. The Kier molecular flexibility index (Phi) is 6.01. The topological polar surface area (TPSA) is 130 Å². The number of aryl methyl sites for hydroxylation is 1.